The van der Waals surface area contributed by atoms with Gasteiger partial charge in [-0.2, -0.15) is 0 Å². The van der Waals surface area contributed by atoms with E-state index in [9.17, 15) is 13.2 Å². The van der Waals surface area contributed by atoms with Crippen LogP contribution in [0, 0.1) is 3.57 Å². The Balaban J connectivity index is 3.15. The molecule has 0 heterocycles. The number of benzene rings is 1. The largest absolute Gasteiger partial charge is 0.478 e. The first-order valence-corrected chi connectivity index (χ1v) is 8.31. The van der Waals surface area contributed by atoms with Crippen LogP contribution in [-0.2, 0) is 10.0 Å². The van der Waals surface area contributed by atoms with Crippen LogP contribution in [0.25, 0.3) is 0 Å². The van der Waals surface area contributed by atoms with Gasteiger partial charge < -0.3 is 5.11 Å². The molecular weight excluding hydrogens is 381 g/mol. The zero-order valence-corrected chi connectivity index (χ0v) is 13.7. The van der Waals surface area contributed by atoms with Crippen LogP contribution in [-0.4, -0.2) is 37.4 Å². The van der Waals surface area contributed by atoms with Gasteiger partial charge in [0.25, 0.3) is 0 Å². The van der Waals surface area contributed by atoms with Crippen molar-refractivity contribution >= 4 is 38.6 Å². The van der Waals surface area contributed by atoms with Gasteiger partial charge in [-0.1, -0.05) is 13.3 Å². The number of nitrogens with zero attached hydrogens (tertiary/aromatic N) is 1. The summed E-state index contributed by atoms with van der Waals surface area (Å²) in [6.07, 6.45) is 1.67. The topological polar surface area (TPSA) is 74.7 Å². The Morgan fingerprint density at radius 3 is 2.58 bits per heavy atom. The van der Waals surface area contributed by atoms with E-state index >= 15 is 0 Å². The molecule has 0 saturated heterocycles. The molecule has 0 spiro atoms. The van der Waals surface area contributed by atoms with E-state index in [0.29, 0.717) is 10.1 Å². The fraction of sp³-hybridized carbons (Fsp3) is 0.417. The first-order chi connectivity index (χ1) is 8.80. The Hall–Kier alpha value is -0.670. The Kier molecular flexibility index (Phi) is 5.75. The van der Waals surface area contributed by atoms with E-state index in [-0.39, 0.29) is 10.5 Å². The van der Waals surface area contributed by atoms with E-state index < -0.39 is 16.0 Å². The Bertz CT molecular complexity index is 571. The van der Waals surface area contributed by atoms with Crippen molar-refractivity contribution in [2.45, 2.75) is 24.7 Å². The number of rotatable bonds is 6. The molecule has 0 unspecified atom stereocenters. The van der Waals surface area contributed by atoms with Crippen molar-refractivity contribution in [2.75, 3.05) is 13.6 Å². The molecule has 1 aromatic carbocycles. The van der Waals surface area contributed by atoms with Crippen molar-refractivity contribution in [2.24, 2.45) is 0 Å². The summed E-state index contributed by atoms with van der Waals surface area (Å²) >= 11 is 1.87. The number of unbranched alkanes of at least 4 members (excludes halogenated alkanes) is 1. The van der Waals surface area contributed by atoms with Gasteiger partial charge in [-0.05, 0) is 47.2 Å². The van der Waals surface area contributed by atoms with Crippen LogP contribution in [0.2, 0.25) is 0 Å². The third kappa shape index (κ3) is 3.90. The van der Waals surface area contributed by atoms with Gasteiger partial charge in [0.1, 0.15) is 0 Å². The van der Waals surface area contributed by atoms with Crippen LogP contribution in [0.15, 0.2) is 23.1 Å². The molecule has 1 N–H and O–H groups in total. The molecule has 106 valence electrons. The van der Waals surface area contributed by atoms with Gasteiger partial charge in [-0.15, -0.1) is 0 Å². The van der Waals surface area contributed by atoms with Crippen molar-refractivity contribution < 1.29 is 18.3 Å². The summed E-state index contributed by atoms with van der Waals surface area (Å²) in [6, 6.07) is 4.15. The molecule has 0 atom stereocenters. The second-order valence-electron chi connectivity index (χ2n) is 4.13. The molecule has 19 heavy (non-hydrogen) atoms. The second kappa shape index (κ2) is 6.67. The molecule has 0 bridgehead atoms. The number of sulfonamides is 1. The predicted molar refractivity (Wildman–Crippen MR) is 80.8 cm³/mol. The van der Waals surface area contributed by atoms with Gasteiger partial charge >= 0.3 is 5.97 Å². The quantitative estimate of drug-likeness (QED) is 0.749. The highest BCUT2D eigenvalue weighted by Gasteiger charge is 2.22. The van der Waals surface area contributed by atoms with Crippen LogP contribution in [0.5, 0.6) is 0 Å². The predicted octanol–water partition coefficient (Wildman–Crippen LogP) is 2.41. The number of aromatic carboxylic acids is 1. The third-order valence-electron chi connectivity index (χ3n) is 2.70. The van der Waals surface area contributed by atoms with Crippen LogP contribution >= 0.6 is 22.6 Å². The highest BCUT2D eigenvalue weighted by Crippen LogP contribution is 2.20. The third-order valence-corrected chi connectivity index (χ3v) is 5.50. The number of carboxylic acids is 1. The average molecular weight is 397 g/mol. The first kappa shape index (κ1) is 16.4. The van der Waals surface area contributed by atoms with Gasteiger partial charge in [-0.25, -0.2) is 17.5 Å². The minimum atomic E-state index is -3.62. The minimum absolute atomic E-state index is 0.00515. The molecule has 7 heteroatoms. The van der Waals surface area contributed by atoms with Gasteiger partial charge in [0.05, 0.1) is 10.5 Å². The lowest BCUT2D eigenvalue weighted by atomic mass is 10.2. The van der Waals surface area contributed by atoms with Gasteiger partial charge in [0.15, 0.2) is 0 Å². The maximum absolute atomic E-state index is 12.3. The lowest BCUT2D eigenvalue weighted by Crippen LogP contribution is -2.28. The Morgan fingerprint density at radius 1 is 1.42 bits per heavy atom. The number of carboxylic acid groups (broad SMARTS) is 1. The number of halogens is 1. The molecule has 0 aliphatic heterocycles. The zero-order valence-electron chi connectivity index (χ0n) is 10.8. The summed E-state index contributed by atoms with van der Waals surface area (Å²) in [6.45, 7) is 2.40. The summed E-state index contributed by atoms with van der Waals surface area (Å²) in [5, 5.41) is 9.02. The van der Waals surface area contributed by atoms with E-state index in [4.69, 9.17) is 5.11 Å². The lowest BCUT2D eigenvalue weighted by molar-refractivity contribution is 0.0695. The second-order valence-corrected chi connectivity index (χ2v) is 7.33. The van der Waals surface area contributed by atoms with Crippen molar-refractivity contribution in [3.05, 3.63) is 27.3 Å². The molecule has 1 aromatic rings. The number of hydrogen-bond donors (Lipinski definition) is 1. The van der Waals surface area contributed by atoms with Crippen LogP contribution < -0.4 is 0 Å². The number of hydrogen-bond acceptors (Lipinski definition) is 3. The zero-order chi connectivity index (χ0) is 14.6. The maximum atomic E-state index is 12.3. The molecule has 0 aromatic heterocycles. The van der Waals surface area contributed by atoms with Crippen LogP contribution in [0.1, 0.15) is 30.1 Å². The van der Waals surface area contributed by atoms with Gasteiger partial charge in [0, 0.05) is 17.2 Å². The normalized spacial score (nSPS) is 11.8. The lowest BCUT2D eigenvalue weighted by Gasteiger charge is -2.17. The molecule has 0 radical (unpaired) electrons. The summed E-state index contributed by atoms with van der Waals surface area (Å²) in [7, 11) is -2.11. The summed E-state index contributed by atoms with van der Waals surface area (Å²) in [5.41, 5.74) is 0.00515. The molecular formula is C12H16INO4S. The average Bonchev–Trinajstić information content (AvgIpc) is 2.35. The standard InChI is InChI=1S/C12H16INO4S/c1-3-4-7-14(2)19(17,18)9-5-6-11(13)10(8-9)12(15)16/h5-6,8H,3-4,7H2,1-2H3,(H,15,16). The molecule has 5 nitrogen and oxygen atoms in total. The summed E-state index contributed by atoms with van der Waals surface area (Å²) < 4.78 is 26.3. The van der Waals surface area contributed by atoms with E-state index in [0.717, 1.165) is 12.8 Å². The summed E-state index contributed by atoms with van der Waals surface area (Å²) in [5.74, 6) is -1.13. The number of carbonyl (C=O) groups is 1. The van der Waals surface area contributed by atoms with E-state index in [2.05, 4.69) is 0 Å². The van der Waals surface area contributed by atoms with E-state index in [1.165, 1.54) is 29.6 Å². The summed E-state index contributed by atoms with van der Waals surface area (Å²) in [4.78, 5) is 11.0. The van der Waals surface area contributed by atoms with Gasteiger partial charge in [0.2, 0.25) is 10.0 Å². The molecule has 0 fully saturated rings. The fourth-order valence-corrected chi connectivity index (χ4v) is 3.31. The SMILES string of the molecule is CCCCN(C)S(=O)(=O)c1ccc(I)c(C(=O)O)c1. The van der Waals surface area contributed by atoms with Crippen molar-refractivity contribution in [3.8, 4) is 0 Å². The van der Waals surface area contributed by atoms with E-state index in [1.54, 1.807) is 0 Å². The highest BCUT2D eigenvalue weighted by atomic mass is 127. The van der Waals surface area contributed by atoms with E-state index in [1.807, 2.05) is 29.5 Å². The van der Waals surface area contributed by atoms with Crippen molar-refractivity contribution in [1.29, 1.82) is 0 Å². The monoisotopic (exact) mass is 397 g/mol. The minimum Gasteiger partial charge on any atom is -0.478 e. The van der Waals surface area contributed by atoms with Crippen LogP contribution in [0.4, 0.5) is 0 Å². The first-order valence-electron chi connectivity index (χ1n) is 5.80. The Morgan fingerprint density at radius 2 is 2.05 bits per heavy atom. The van der Waals surface area contributed by atoms with Crippen LogP contribution in [0.3, 0.4) is 0 Å². The molecule has 0 amide bonds. The van der Waals surface area contributed by atoms with Crippen molar-refractivity contribution in [1.82, 2.24) is 4.31 Å². The Labute approximate surface area is 126 Å². The maximum Gasteiger partial charge on any atom is 0.336 e. The smallest absolute Gasteiger partial charge is 0.336 e. The fourth-order valence-electron chi connectivity index (χ4n) is 1.51. The molecule has 0 saturated carbocycles. The molecule has 0 aliphatic carbocycles. The molecule has 1 rings (SSSR count). The highest BCUT2D eigenvalue weighted by molar-refractivity contribution is 14.1. The van der Waals surface area contributed by atoms with Crippen molar-refractivity contribution in [3.63, 3.8) is 0 Å². The molecule has 0 aliphatic rings. The van der Waals surface area contributed by atoms with Gasteiger partial charge in [-0.3, -0.25) is 0 Å².